The maximum absolute atomic E-state index is 12.2. The monoisotopic (exact) mass is 386 g/mol. The van der Waals surface area contributed by atoms with Crippen LogP contribution in [0.25, 0.3) is 6.08 Å². The Bertz CT molecular complexity index is 879. The van der Waals surface area contributed by atoms with Gasteiger partial charge in [-0.2, -0.15) is 0 Å². The molecule has 0 heterocycles. The first-order chi connectivity index (χ1) is 13.5. The second-order valence-electron chi connectivity index (χ2n) is 5.46. The van der Waals surface area contributed by atoms with Crippen LogP contribution >= 0.6 is 0 Å². The fourth-order valence-corrected chi connectivity index (χ4v) is 2.34. The molecule has 8 nitrogen and oxygen atoms in total. The second-order valence-corrected chi connectivity index (χ2v) is 5.46. The van der Waals surface area contributed by atoms with Gasteiger partial charge in [0, 0.05) is 11.6 Å². The van der Waals surface area contributed by atoms with Crippen molar-refractivity contribution in [1.29, 1.82) is 0 Å². The van der Waals surface area contributed by atoms with Crippen molar-refractivity contribution in [3.05, 3.63) is 53.6 Å². The summed E-state index contributed by atoms with van der Waals surface area (Å²) in [7, 11) is 6.05. The lowest BCUT2D eigenvalue weighted by Crippen LogP contribution is -2.40. The van der Waals surface area contributed by atoms with E-state index in [0.29, 0.717) is 28.6 Å². The maximum Gasteiger partial charge on any atom is 0.269 e. The summed E-state index contributed by atoms with van der Waals surface area (Å²) in [6.45, 7) is 0. The summed E-state index contributed by atoms with van der Waals surface area (Å²) in [5.74, 6) is 1.06. The molecule has 0 aliphatic heterocycles. The molecule has 8 heteroatoms. The van der Waals surface area contributed by atoms with Crippen LogP contribution in [0, 0.1) is 0 Å². The van der Waals surface area contributed by atoms with Crippen LogP contribution in [0.1, 0.15) is 15.9 Å². The van der Waals surface area contributed by atoms with Crippen molar-refractivity contribution >= 4 is 17.9 Å². The van der Waals surface area contributed by atoms with Gasteiger partial charge in [0.15, 0.2) is 23.0 Å². The van der Waals surface area contributed by atoms with Gasteiger partial charge in [-0.25, -0.2) is 0 Å². The molecule has 2 N–H and O–H groups in total. The van der Waals surface area contributed by atoms with E-state index in [1.54, 1.807) is 43.5 Å². The van der Waals surface area contributed by atoms with Crippen LogP contribution in [0.5, 0.6) is 23.0 Å². The van der Waals surface area contributed by atoms with E-state index in [1.807, 2.05) is 0 Å². The number of carbonyl (C=O) groups is 2. The SMILES string of the molecule is COc1ccc(C=CC(=O)NNC(=O)c2ccc(OC)c(OC)c2)cc1OC. The highest BCUT2D eigenvalue weighted by Gasteiger charge is 2.11. The molecule has 2 aromatic rings. The van der Waals surface area contributed by atoms with Gasteiger partial charge in [0.05, 0.1) is 28.4 Å². The molecule has 0 radical (unpaired) electrons. The molecule has 0 fully saturated rings. The lowest BCUT2D eigenvalue weighted by atomic mass is 10.2. The van der Waals surface area contributed by atoms with Crippen molar-refractivity contribution in [3.63, 3.8) is 0 Å². The molecule has 2 rings (SSSR count). The third-order valence-electron chi connectivity index (χ3n) is 3.78. The fourth-order valence-electron chi connectivity index (χ4n) is 2.34. The molecule has 0 aliphatic rings. The van der Waals surface area contributed by atoms with Crippen LogP contribution in [-0.4, -0.2) is 40.3 Å². The van der Waals surface area contributed by atoms with E-state index in [1.165, 1.54) is 33.5 Å². The summed E-state index contributed by atoms with van der Waals surface area (Å²) < 4.78 is 20.6. The summed E-state index contributed by atoms with van der Waals surface area (Å²) in [5.41, 5.74) is 5.69. The zero-order valence-corrected chi connectivity index (χ0v) is 16.1. The quantitative estimate of drug-likeness (QED) is 0.560. The van der Waals surface area contributed by atoms with Gasteiger partial charge in [-0.3, -0.25) is 20.4 Å². The van der Waals surface area contributed by atoms with E-state index >= 15 is 0 Å². The first kappa shape index (κ1) is 20.6. The van der Waals surface area contributed by atoms with Crippen molar-refractivity contribution in [2.45, 2.75) is 0 Å². The zero-order chi connectivity index (χ0) is 20.5. The minimum atomic E-state index is -0.497. The molecule has 28 heavy (non-hydrogen) atoms. The van der Waals surface area contributed by atoms with Crippen molar-refractivity contribution in [2.75, 3.05) is 28.4 Å². The Hall–Kier alpha value is -3.68. The standard InChI is InChI=1S/C20H22N2O6/c1-25-15-8-5-13(11-17(15)27-3)6-10-19(23)21-22-20(24)14-7-9-16(26-2)18(12-14)28-4/h5-12H,1-4H3,(H,21,23)(H,22,24). The van der Waals surface area contributed by atoms with E-state index in [9.17, 15) is 9.59 Å². The van der Waals surface area contributed by atoms with Crippen LogP contribution in [0.15, 0.2) is 42.5 Å². The summed E-state index contributed by atoms with van der Waals surface area (Å²) in [6, 6.07) is 9.90. The van der Waals surface area contributed by atoms with Gasteiger partial charge in [-0.15, -0.1) is 0 Å². The third-order valence-corrected chi connectivity index (χ3v) is 3.78. The maximum atomic E-state index is 12.2. The fraction of sp³-hybridized carbons (Fsp3) is 0.200. The predicted octanol–water partition coefficient (Wildman–Crippen LogP) is 2.20. The number of rotatable bonds is 7. The Balaban J connectivity index is 1.96. The first-order valence-corrected chi connectivity index (χ1v) is 8.24. The molecule has 2 amide bonds. The molecular weight excluding hydrogens is 364 g/mol. The zero-order valence-electron chi connectivity index (χ0n) is 16.1. The Labute approximate surface area is 163 Å². The van der Waals surface area contributed by atoms with Crippen molar-refractivity contribution in [1.82, 2.24) is 10.9 Å². The third kappa shape index (κ3) is 5.16. The number of hydrogen-bond donors (Lipinski definition) is 2. The van der Waals surface area contributed by atoms with Crippen molar-refractivity contribution in [2.24, 2.45) is 0 Å². The largest absolute Gasteiger partial charge is 0.493 e. The highest BCUT2D eigenvalue weighted by atomic mass is 16.5. The Morgan fingerprint density at radius 3 is 1.93 bits per heavy atom. The molecule has 0 saturated heterocycles. The topological polar surface area (TPSA) is 95.1 Å². The Kier molecular flexibility index (Phi) is 7.27. The smallest absolute Gasteiger partial charge is 0.269 e. The van der Waals surface area contributed by atoms with Crippen molar-refractivity contribution < 1.29 is 28.5 Å². The minimum Gasteiger partial charge on any atom is -0.493 e. The van der Waals surface area contributed by atoms with Gasteiger partial charge in [-0.05, 0) is 42.0 Å². The number of amides is 2. The number of hydrogen-bond acceptors (Lipinski definition) is 6. The molecular formula is C20H22N2O6. The van der Waals surface area contributed by atoms with Crippen LogP contribution < -0.4 is 29.8 Å². The summed E-state index contributed by atoms with van der Waals surface area (Å²) in [5, 5.41) is 0. The number of benzene rings is 2. The molecule has 0 aromatic heterocycles. The molecule has 2 aromatic carbocycles. The molecule has 148 valence electrons. The molecule has 0 aliphatic carbocycles. The molecule has 0 spiro atoms. The second kappa shape index (κ2) is 9.86. The van der Waals surface area contributed by atoms with Crippen LogP contribution in [0.2, 0.25) is 0 Å². The number of nitrogens with one attached hydrogen (secondary N) is 2. The Morgan fingerprint density at radius 2 is 1.32 bits per heavy atom. The summed E-state index contributed by atoms with van der Waals surface area (Å²) in [4.78, 5) is 24.1. The van der Waals surface area contributed by atoms with E-state index in [-0.39, 0.29) is 0 Å². The molecule has 0 unspecified atom stereocenters. The van der Waals surface area contributed by atoms with Crippen LogP contribution in [0.4, 0.5) is 0 Å². The summed E-state index contributed by atoms with van der Waals surface area (Å²) in [6.07, 6.45) is 2.87. The number of hydrazine groups is 1. The van der Waals surface area contributed by atoms with Gasteiger partial charge >= 0.3 is 0 Å². The average Bonchev–Trinajstić information content (AvgIpc) is 2.74. The summed E-state index contributed by atoms with van der Waals surface area (Å²) >= 11 is 0. The molecule has 0 saturated carbocycles. The van der Waals surface area contributed by atoms with Gasteiger partial charge in [0.1, 0.15) is 0 Å². The molecule has 0 atom stereocenters. The minimum absolute atomic E-state index is 0.307. The highest BCUT2D eigenvalue weighted by molar-refractivity contribution is 5.98. The van der Waals surface area contributed by atoms with Gasteiger partial charge in [0.25, 0.3) is 11.8 Å². The first-order valence-electron chi connectivity index (χ1n) is 8.24. The normalized spacial score (nSPS) is 10.3. The van der Waals surface area contributed by atoms with Gasteiger partial charge in [0.2, 0.25) is 0 Å². The van der Waals surface area contributed by atoms with Crippen LogP contribution in [0.3, 0.4) is 0 Å². The van der Waals surface area contributed by atoms with E-state index < -0.39 is 11.8 Å². The number of carbonyl (C=O) groups excluding carboxylic acids is 2. The van der Waals surface area contributed by atoms with Crippen LogP contribution in [-0.2, 0) is 4.79 Å². The number of methoxy groups -OCH3 is 4. The van der Waals surface area contributed by atoms with Crippen molar-refractivity contribution in [3.8, 4) is 23.0 Å². The average molecular weight is 386 g/mol. The lowest BCUT2D eigenvalue weighted by Gasteiger charge is -2.10. The molecule has 0 bridgehead atoms. The number of ether oxygens (including phenoxy) is 4. The predicted molar refractivity (Wildman–Crippen MR) is 104 cm³/mol. The lowest BCUT2D eigenvalue weighted by molar-refractivity contribution is -0.117. The van der Waals surface area contributed by atoms with Gasteiger partial charge in [-0.1, -0.05) is 6.07 Å². The highest BCUT2D eigenvalue weighted by Crippen LogP contribution is 2.28. The van der Waals surface area contributed by atoms with E-state index in [4.69, 9.17) is 18.9 Å². The van der Waals surface area contributed by atoms with Gasteiger partial charge < -0.3 is 18.9 Å². The van der Waals surface area contributed by atoms with E-state index in [2.05, 4.69) is 10.9 Å². The van der Waals surface area contributed by atoms with E-state index in [0.717, 1.165) is 5.56 Å². The Morgan fingerprint density at radius 1 is 0.750 bits per heavy atom.